The lowest BCUT2D eigenvalue weighted by Gasteiger charge is -2.36. The van der Waals surface area contributed by atoms with Crippen LogP contribution in [0, 0.1) is 13.8 Å². The molecule has 0 amide bonds. The van der Waals surface area contributed by atoms with Gasteiger partial charge in [-0.2, -0.15) is 13.2 Å². The Kier molecular flexibility index (Phi) is 5.57. The second-order valence-electron chi connectivity index (χ2n) is 7.84. The summed E-state index contributed by atoms with van der Waals surface area (Å²) >= 11 is 0. The summed E-state index contributed by atoms with van der Waals surface area (Å²) in [6.07, 6.45) is -3.33. The Morgan fingerprint density at radius 3 is 2.64 bits per heavy atom. The first-order valence-electron chi connectivity index (χ1n) is 10.2. The molecule has 1 aromatic carbocycles. The molecule has 3 heterocycles. The minimum atomic E-state index is -4.78. The molecule has 0 spiro atoms. The molecule has 4 rings (SSSR count). The van der Waals surface area contributed by atoms with E-state index in [1.165, 1.54) is 19.4 Å². The highest BCUT2D eigenvalue weighted by Crippen LogP contribution is 2.49. The fourth-order valence-corrected chi connectivity index (χ4v) is 3.81. The van der Waals surface area contributed by atoms with Crippen LogP contribution in [0.2, 0.25) is 0 Å². The van der Waals surface area contributed by atoms with Crippen LogP contribution in [-0.4, -0.2) is 41.0 Å². The van der Waals surface area contributed by atoms with Crippen molar-refractivity contribution in [2.24, 2.45) is 0 Å². The SMILES string of the molecule is C=C(NC1(C(F)(F)F)C(=C)Nc2nc3cc(C)c(C)cc3n21)c1ccnc(OCCOC)c1. The highest BCUT2D eigenvalue weighted by molar-refractivity contribution is 5.83. The van der Waals surface area contributed by atoms with E-state index in [4.69, 9.17) is 9.47 Å². The molecule has 1 atom stereocenters. The van der Waals surface area contributed by atoms with Gasteiger partial charge in [-0.3, -0.25) is 4.57 Å². The largest absolute Gasteiger partial charge is 0.475 e. The number of hydrogen-bond donors (Lipinski definition) is 2. The second-order valence-corrected chi connectivity index (χ2v) is 7.84. The van der Waals surface area contributed by atoms with Crippen molar-refractivity contribution in [2.45, 2.75) is 25.7 Å². The molecule has 0 radical (unpaired) electrons. The van der Waals surface area contributed by atoms with Crippen LogP contribution in [-0.2, 0) is 10.4 Å². The number of pyridine rings is 1. The maximum absolute atomic E-state index is 14.8. The lowest BCUT2D eigenvalue weighted by Crippen LogP contribution is -2.56. The Morgan fingerprint density at radius 2 is 1.94 bits per heavy atom. The molecular weight excluding hydrogens is 435 g/mol. The highest BCUT2D eigenvalue weighted by atomic mass is 19.4. The third kappa shape index (κ3) is 3.70. The van der Waals surface area contributed by atoms with Crippen LogP contribution in [0.25, 0.3) is 16.7 Å². The number of rotatable bonds is 7. The van der Waals surface area contributed by atoms with Gasteiger partial charge in [-0.25, -0.2) is 9.97 Å². The number of methoxy groups -OCH3 is 1. The Labute approximate surface area is 188 Å². The van der Waals surface area contributed by atoms with Gasteiger partial charge in [0.2, 0.25) is 11.8 Å². The number of ether oxygens (including phenoxy) is 2. The van der Waals surface area contributed by atoms with Gasteiger partial charge in [0, 0.05) is 30.6 Å². The Morgan fingerprint density at radius 1 is 1.21 bits per heavy atom. The lowest BCUT2D eigenvalue weighted by molar-refractivity contribution is -0.203. The smallest absolute Gasteiger partial charge is 0.436 e. The van der Waals surface area contributed by atoms with Gasteiger partial charge >= 0.3 is 6.18 Å². The van der Waals surface area contributed by atoms with Crippen LogP contribution >= 0.6 is 0 Å². The normalized spacial score (nSPS) is 17.7. The van der Waals surface area contributed by atoms with Gasteiger partial charge in [0.05, 0.1) is 23.3 Å². The second kappa shape index (κ2) is 8.11. The fourth-order valence-electron chi connectivity index (χ4n) is 3.81. The first-order chi connectivity index (χ1) is 15.6. The van der Waals surface area contributed by atoms with Gasteiger partial charge in [-0.05, 0) is 43.2 Å². The molecule has 7 nitrogen and oxygen atoms in total. The Bertz CT molecular complexity index is 1250. The number of benzene rings is 1. The average molecular weight is 459 g/mol. The molecule has 174 valence electrons. The molecule has 2 N–H and O–H groups in total. The van der Waals surface area contributed by atoms with E-state index in [1.54, 1.807) is 18.2 Å². The monoisotopic (exact) mass is 459 g/mol. The molecule has 0 aliphatic carbocycles. The van der Waals surface area contributed by atoms with E-state index >= 15 is 0 Å². The van der Waals surface area contributed by atoms with Gasteiger partial charge < -0.3 is 20.1 Å². The van der Waals surface area contributed by atoms with Crippen molar-refractivity contribution < 1.29 is 22.6 Å². The number of aromatic nitrogens is 3. The van der Waals surface area contributed by atoms with Gasteiger partial charge in [-0.1, -0.05) is 13.2 Å². The molecule has 0 bridgehead atoms. The number of fused-ring (bicyclic) bond motifs is 3. The molecule has 0 saturated carbocycles. The van der Waals surface area contributed by atoms with E-state index in [-0.39, 0.29) is 29.8 Å². The summed E-state index contributed by atoms with van der Waals surface area (Å²) < 4.78 is 55.9. The van der Waals surface area contributed by atoms with E-state index < -0.39 is 11.8 Å². The minimum Gasteiger partial charge on any atom is -0.475 e. The first-order valence-corrected chi connectivity index (χ1v) is 10.2. The van der Waals surface area contributed by atoms with Crippen molar-refractivity contribution in [3.05, 3.63) is 66.0 Å². The van der Waals surface area contributed by atoms with Crippen LogP contribution in [0.15, 0.2) is 49.3 Å². The summed E-state index contributed by atoms with van der Waals surface area (Å²) in [5.74, 6) is 0.299. The van der Waals surface area contributed by atoms with Gasteiger partial charge in [0.1, 0.15) is 6.61 Å². The molecular formula is C23H24F3N5O2. The topological polar surface area (TPSA) is 73.2 Å². The summed E-state index contributed by atoms with van der Waals surface area (Å²) in [4.78, 5) is 8.45. The van der Waals surface area contributed by atoms with Crippen molar-refractivity contribution in [1.82, 2.24) is 19.9 Å². The van der Waals surface area contributed by atoms with Gasteiger partial charge in [0.15, 0.2) is 0 Å². The molecule has 1 unspecified atom stereocenters. The summed E-state index contributed by atoms with van der Waals surface area (Å²) in [5, 5.41) is 5.30. The predicted octanol–water partition coefficient (Wildman–Crippen LogP) is 4.49. The number of alkyl halides is 3. The molecule has 1 aliphatic rings. The molecule has 33 heavy (non-hydrogen) atoms. The number of halogens is 3. The summed E-state index contributed by atoms with van der Waals surface area (Å²) in [6, 6.07) is 6.53. The third-order valence-corrected chi connectivity index (χ3v) is 5.67. The molecule has 0 fully saturated rings. The molecule has 2 aromatic heterocycles. The summed E-state index contributed by atoms with van der Waals surface area (Å²) in [5.41, 5.74) is -0.0237. The number of anilines is 1. The van der Waals surface area contributed by atoms with E-state index in [9.17, 15) is 13.2 Å². The van der Waals surface area contributed by atoms with Crippen molar-refractivity contribution in [3.63, 3.8) is 0 Å². The van der Waals surface area contributed by atoms with Crippen LogP contribution in [0.1, 0.15) is 16.7 Å². The Balaban J connectivity index is 1.78. The predicted molar refractivity (Wildman–Crippen MR) is 120 cm³/mol. The number of nitrogens with one attached hydrogen (secondary N) is 2. The van der Waals surface area contributed by atoms with Crippen molar-refractivity contribution >= 4 is 22.7 Å². The zero-order valence-corrected chi connectivity index (χ0v) is 18.5. The van der Waals surface area contributed by atoms with Crippen molar-refractivity contribution in [2.75, 3.05) is 25.6 Å². The van der Waals surface area contributed by atoms with Crippen LogP contribution < -0.4 is 15.4 Å². The van der Waals surface area contributed by atoms with E-state index in [0.29, 0.717) is 23.2 Å². The van der Waals surface area contributed by atoms with Gasteiger partial charge in [0.25, 0.3) is 5.66 Å². The van der Waals surface area contributed by atoms with E-state index in [0.717, 1.165) is 15.7 Å². The summed E-state index contributed by atoms with van der Waals surface area (Å²) in [7, 11) is 1.54. The van der Waals surface area contributed by atoms with E-state index in [2.05, 4.69) is 33.8 Å². The van der Waals surface area contributed by atoms with Crippen LogP contribution in [0.4, 0.5) is 19.1 Å². The zero-order chi connectivity index (χ0) is 24.0. The lowest BCUT2D eigenvalue weighted by atomic mass is 10.0. The van der Waals surface area contributed by atoms with Crippen LogP contribution in [0.3, 0.4) is 0 Å². The number of aryl methyl sites for hydroxylation is 2. The highest BCUT2D eigenvalue weighted by Gasteiger charge is 2.63. The summed E-state index contributed by atoms with van der Waals surface area (Å²) in [6.45, 7) is 11.9. The first kappa shape index (κ1) is 22.7. The minimum absolute atomic E-state index is 0.0211. The Hall–Kier alpha value is -3.53. The molecule has 0 saturated heterocycles. The third-order valence-electron chi connectivity index (χ3n) is 5.67. The fraction of sp³-hybridized carbons (Fsp3) is 0.304. The number of imidazole rings is 1. The van der Waals surface area contributed by atoms with Gasteiger partial charge in [-0.15, -0.1) is 0 Å². The maximum Gasteiger partial charge on any atom is 0.436 e. The van der Waals surface area contributed by atoms with Crippen LogP contribution in [0.5, 0.6) is 5.88 Å². The average Bonchev–Trinajstić information content (AvgIpc) is 3.22. The zero-order valence-electron chi connectivity index (χ0n) is 18.5. The molecule has 3 aromatic rings. The number of nitrogens with zero attached hydrogens (tertiary/aromatic N) is 3. The maximum atomic E-state index is 14.8. The quantitative estimate of drug-likeness (QED) is 0.508. The standard InChI is InChI=1S/C23H24F3N5O2/c1-13-10-18-19(11-14(13)2)31-21(29-18)28-16(4)22(31,23(24,25)26)30-15(3)17-6-7-27-20(12-17)33-9-8-32-5/h6-7,10-12,30H,3-4,8-9H2,1-2,5H3,(H,28,29). The molecule has 1 aliphatic heterocycles. The molecule has 10 heteroatoms. The van der Waals surface area contributed by atoms with E-state index in [1.807, 2.05) is 13.8 Å². The van der Waals surface area contributed by atoms with Crippen molar-refractivity contribution in [3.8, 4) is 5.88 Å². The van der Waals surface area contributed by atoms with Crippen molar-refractivity contribution in [1.29, 1.82) is 0 Å². The number of hydrogen-bond acceptors (Lipinski definition) is 6.